The van der Waals surface area contributed by atoms with Crippen LogP contribution in [-0.4, -0.2) is 33.2 Å². The van der Waals surface area contributed by atoms with Gasteiger partial charge in [0.2, 0.25) is 11.8 Å². The monoisotopic (exact) mass is 426 g/mol. The van der Waals surface area contributed by atoms with Crippen LogP contribution >= 0.6 is 22.9 Å². The first-order valence-corrected chi connectivity index (χ1v) is 10.4. The number of hydrogen-bond acceptors (Lipinski definition) is 5. The quantitative estimate of drug-likeness (QED) is 0.651. The highest BCUT2D eigenvalue weighted by atomic mass is 35.5. The summed E-state index contributed by atoms with van der Waals surface area (Å²) in [6, 6.07) is 13.3. The summed E-state index contributed by atoms with van der Waals surface area (Å²) in [5.41, 5.74) is 1.83. The van der Waals surface area contributed by atoms with Crippen LogP contribution in [0.1, 0.15) is 22.6 Å². The number of benzene rings is 1. The molecule has 1 saturated heterocycles. The average Bonchev–Trinajstić information content (AvgIpc) is 3.31. The second-order valence-corrected chi connectivity index (χ2v) is 8.41. The van der Waals surface area contributed by atoms with Gasteiger partial charge in [-0.2, -0.15) is 0 Å². The van der Waals surface area contributed by atoms with Crippen LogP contribution in [0, 0.1) is 5.92 Å². The van der Waals surface area contributed by atoms with Crippen molar-refractivity contribution >= 4 is 39.9 Å². The second-order valence-electron chi connectivity index (χ2n) is 6.89. The van der Waals surface area contributed by atoms with Crippen LogP contribution in [0.4, 0.5) is 5.13 Å². The lowest BCUT2D eigenvalue weighted by Crippen LogP contribution is -2.28. The van der Waals surface area contributed by atoms with Crippen molar-refractivity contribution in [1.82, 2.24) is 14.9 Å². The number of nitrogens with zero attached hydrogens (tertiary/aromatic N) is 3. The molecule has 6 nitrogen and oxygen atoms in total. The summed E-state index contributed by atoms with van der Waals surface area (Å²) in [6.45, 7) is 0.807. The summed E-state index contributed by atoms with van der Waals surface area (Å²) in [5.74, 6) is -0.600. The van der Waals surface area contributed by atoms with Crippen LogP contribution < -0.4 is 5.32 Å². The fourth-order valence-electron chi connectivity index (χ4n) is 3.27. The molecule has 1 aliphatic heterocycles. The van der Waals surface area contributed by atoms with Gasteiger partial charge in [-0.3, -0.25) is 14.6 Å². The molecule has 8 heteroatoms. The van der Waals surface area contributed by atoms with Crippen molar-refractivity contribution in [2.75, 3.05) is 11.9 Å². The molecule has 3 aromatic rings. The van der Waals surface area contributed by atoms with E-state index in [-0.39, 0.29) is 24.2 Å². The number of nitrogens with one attached hydrogen (secondary N) is 1. The third-order valence-electron chi connectivity index (χ3n) is 4.77. The van der Waals surface area contributed by atoms with E-state index in [1.54, 1.807) is 17.3 Å². The second kappa shape index (κ2) is 8.71. The molecular weight excluding hydrogens is 408 g/mol. The number of aromatic nitrogens is 2. The van der Waals surface area contributed by atoms with E-state index in [1.807, 2.05) is 42.5 Å². The summed E-state index contributed by atoms with van der Waals surface area (Å²) in [4.78, 5) is 36.1. The topological polar surface area (TPSA) is 75.2 Å². The van der Waals surface area contributed by atoms with Crippen molar-refractivity contribution in [2.24, 2.45) is 5.92 Å². The van der Waals surface area contributed by atoms with E-state index in [4.69, 9.17) is 11.6 Å². The zero-order chi connectivity index (χ0) is 20.2. The van der Waals surface area contributed by atoms with Gasteiger partial charge in [-0.25, -0.2) is 4.98 Å². The van der Waals surface area contributed by atoms with E-state index in [9.17, 15) is 9.59 Å². The van der Waals surface area contributed by atoms with Crippen molar-refractivity contribution in [3.05, 3.63) is 76.0 Å². The van der Waals surface area contributed by atoms with E-state index in [2.05, 4.69) is 15.3 Å². The van der Waals surface area contributed by atoms with E-state index in [0.717, 1.165) is 16.1 Å². The molecule has 2 aromatic heterocycles. The van der Waals surface area contributed by atoms with Gasteiger partial charge in [0.1, 0.15) is 0 Å². The number of anilines is 1. The van der Waals surface area contributed by atoms with Gasteiger partial charge in [-0.05, 0) is 23.8 Å². The highest BCUT2D eigenvalue weighted by molar-refractivity contribution is 7.15. The fraction of sp³-hybridized carbons (Fsp3) is 0.238. The lowest BCUT2D eigenvalue weighted by atomic mass is 10.1. The molecule has 0 spiro atoms. The van der Waals surface area contributed by atoms with Gasteiger partial charge in [-0.15, -0.1) is 11.3 Å². The number of carbonyl (C=O) groups excluding carboxylic acids is 2. The van der Waals surface area contributed by atoms with Crippen LogP contribution in [0.2, 0.25) is 5.02 Å². The Morgan fingerprint density at radius 1 is 1.21 bits per heavy atom. The largest absolute Gasteiger partial charge is 0.336 e. The summed E-state index contributed by atoms with van der Waals surface area (Å²) in [5, 5.41) is 4.10. The number of pyridine rings is 1. The summed E-state index contributed by atoms with van der Waals surface area (Å²) < 4.78 is 0. The summed E-state index contributed by atoms with van der Waals surface area (Å²) in [7, 11) is 0. The highest BCUT2D eigenvalue weighted by Gasteiger charge is 2.34. The van der Waals surface area contributed by atoms with Crippen molar-refractivity contribution in [3.63, 3.8) is 0 Å². The number of thiazole rings is 1. The lowest BCUT2D eigenvalue weighted by Gasteiger charge is -2.15. The first kappa shape index (κ1) is 19.5. The molecule has 1 N–H and O–H groups in total. The highest BCUT2D eigenvalue weighted by Crippen LogP contribution is 2.26. The normalized spacial score (nSPS) is 16.2. The van der Waals surface area contributed by atoms with Crippen LogP contribution in [0.15, 0.2) is 54.9 Å². The standard InChI is InChI=1S/C21H19ClN4O2S/c22-18-7-2-1-5-14(18)9-17-11-24-21(29-17)25-20(28)15-10-19(27)26(12-15)13-16-6-3-4-8-23-16/h1-8,11,15H,9-10,12-13H2,(H,24,25,28). The molecule has 0 aliphatic carbocycles. The first-order chi connectivity index (χ1) is 14.1. The Balaban J connectivity index is 1.34. The maximum absolute atomic E-state index is 12.6. The SMILES string of the molecule is O=C(Nc1ncc(Cc2ccccc2Cl)s1)C1CC(=O)N(Cc2ccccn2)C1. The van der Waals surface area contributed by atoms with Crippen molar-refractivity contribution in [3.8, 4) is 0 Å². The average molecular weight is 427 g/mol. The molecule has 2 amide bonds. The van der Waals surface area contributed by atoms with Gasteiger partial charge in [0.25, 0.3) is 0 Å². The Morgan fingerprint density at radius 3 is 2.83 bits per heavy atom. The molecule has 1 aromatic carbocycles. The molecule has 1 fully saturated rings. The van der Waals surface area contributed by atoms with Crippen LogP contribution in [0.5, 0.6) is 0 Å². The molecular formula is C21H19ClN4O2S. The number of rotatable bonds is 6. The summed E-state index contributed by atoms with van der Waals surface area (Å²) in [6.07, 6.45) is 4.31. The zero-order valence-corrected chi connectivity index (χ0v) is 17.1. The van der Waals surface area contributed by atoms with Crippen molar-refractivity contribution in [1.29, 1.82) is 0 Å². The van der Waals surface area contributed by atoms with E-state index >= 15 is 0 Å². The molecule has 4 rings (SSSR count). The predicted molar refractivity (Wildman–Crippen MR) is 113 cm³/mol. The molecule has 0 saturated carbocycles. The first-order valence-electron chi connectivity index (χ1n) is 9.25. The molecule has 0 bridgehead atoms. The number of halogens is 1. The van der Waals surface area contributed by atoms with E-state index < -0.39 is 0 Å². The molecule has 0 radical (unpaired) electrons. The van der Waals surface area contributed by atoms with Gasteiger partial charge >= 0.3 is 0 Å². The Hall–Kier alpha value is -2.77. The third kappa shape index (κ3) is 4.81. The molecule has 29 heavy (non-hydrogen) atoms. The van der Waals surface area contributed by atoms with Crippen LogP contribution in [-0.2, 0) is 22.6 Å². The predicted octanol–water partition coefficient (Wildman–Crippen LogP) is 3.77. The van der Waals surface area contributed by atoms with Gasteiger partial charge in [0.05, 0.1) is 18.2 Å². The smallest absolute Gasteiger partial charge is 0.231 e. The Bertz CT molecular complexity index is 1020. The molecule has 148 valence electrons. The van der Waals surface area contributed by atoms with Crippen molar-refractivity contribution in [2.45, 2.75) is 19.4 Å². The molecule has 1 unspecified atom stereocenters. The van der Waals surface area contributed by atoms with Gasteiger partial charge in [0, 0.05) is 41.7 Å². The van der Waals surface area contributed by atoms with Crippen LogP contribution in [0.3, 0.4) is 0 Å². The maximum Gasteiger partial charge on any atom is 0.231 e. The minimum atomic E-state index is -0.387. The third-order valence-corrected chi connectivity index (χ3v) is 6.05. The minimum absolute atomic E-state index is 0.0330. The lowest BCUT2D eigenvalue weighted by molar-refractivity contribution is -0.128. The van der Waals surface area contributed by atoms with E-state index in [1.165, 1.54) is 11.3 Å². The zero-order valence-electron chi connectivity index (χ0n) is 15.5. The molecule has 1 aliphatic rings. The Kier molecular flexibility index (Phi) is 5.87. The summed E-state index contributed by atoms with van der Waals surface area (Å²) >= 11 is 7.63. The Labute approximate surface area is 177 Å². The number of hydrogen-bond donors (Lipinski definition) is 1. The van der Waals surface area contributed by atoms with Gasteiger partial charge in [0.15, 0.2) is 5.13 Å². The van der Waals surface area contributed by atoms with E-state index in [0.29, 0.717) is 29.7 Å². The van der Waals surface area contributed by atoms with Gasteiger partial charge in [-0.1, -0.05) is 35.9 Å². The maximum atomic E-state index is 12.6. The fourth-order valence-corrected chi connectivity index (χ4v) is 4.31. The number of likely N-dealkylation sites (tertiary alicyclic amines) is 1. The number of amides is 2. The number of carbonyl (C=O) groups is 2. The van der Waals surface area contributed by atoms with Crippen molar-refractivity contribution < 1.29 is 9.59 Å². The molecule has 3 heterocycles. The minimum Gasteiger partial charge on any atom is -0.336 e. The van der Waals surface area contributed by atoms with Crippen LogP contribution in [0.25, 0.3) is 0 Å². The Morgan fingerprint density at radius 2 is 2.03 bits per heavy atom. The van der Waals surface area contributed by atoms with Gasteiger partial charge < -0.3 is 10.2 Å². The molecule has 1 atom stereocenters.